The monoisotopic (exact) mass is 259 g/mol. The smallest absolute Gasteiger partial charge is 0.385 e. The zero-order valence-electron chi connectivity index (χ0n) is 10.2. The number of aromatic nitrogens is 1. The standard InChI is InChI=1S/C13H16F3NO/c1-9-2-5-12(18,6-3-9)11-8-17-7-4-10(11)13(14,15)16/h4,7-9,18H,2-3,5-6H2,1H3. The van der Waals surface area contributed by atoms with Gasteiger partial charge in [0, 0.05) is 18.0 Å². The summed E-state index contributed by atoms with van der Waals surface area (Å²) in [5.41, 5.74) is -2.23. The van der Waals surface area contributed by atoms with Gasteiger partial charge in [-0.15, -0.1) is 0 Å². The zero-order chi connectivity index (χ0) is 13.4. The highest BCUT2D eigenvalue weighted by molar-refractivity contribution is 5.32. The molecule has 1 aliphatic carbocycles. The largest absolute Gasteiger partial charge is 0.416 e. The molecule has 1 saturated carbocycles. The normalized spacial score (nSPS) is 29.3. The highest BCUT2D eigenvalue weighted by Crippen LogP contribution is 2.43. The molecule has 0 amide bonds. The Morgan fingerprint density at radius 3 is 2.50 bits per heavy atom. The number of alkyl halides is 3. The molecule has 1 heterocycles. The summed E-state index contributed by atoms with van der Waals surface area (Å²) in [6.45, 7) is 2.05. The van der Waals surface area contributed by atoms with Crippen molar-refractivity contribution in [1.82, 2.24) is 4.98 Å². The molecule has 0 aliphatic heterocycles. The molecule has 0 saturated heterocycles. The van der Waals surface area contributed by atoms with Crippen molar-refractivity contribution >= 4 is 0 Å². The van der Waals surface area contributed by atoms with Gasteiger partial charge in [0.2, 0.25) is 0 Å². The topological polar surface area (TPSA) is 33.1 Å². The lowest BCUT2D eigenvalue weighted by Gasteiger charge is -2.36. The molecule has 2 rings (SSSR count). The third-order valence-electron chi connectivity index (χ3n) is 3.73. The van der Waals surface area contributed by atoms with Crippen molar-refractivity contribution in [3.63, 3.8) is 0 Å². The molecule has 1 fully saturated rings. The van der Waals surface area contributed by atoms with Gasteiger partial charge in [-0.25, -0.2) is 0 Å². The molecule has 0 atom stereocenters. The highest BCUT2D eigenvalue weighted by atomic mass is 19.4. The summed E-state index contributed by atoms with van der Waals surface area (Å²) >= 11 is 0. The summed E-state index contributed by atoms with van der Waals surface area (Å²) < 4.78 is 38.7. The van der Waals surface area contributed by atoms with Crippen molar-refractivity contribution in [2.75, 3.05) is 0 Å². The Morgan fingerprint density at radius 1 is 1.33 bits per heavy atom. The Hall–Kier alpha value is -1.10. The quantitative estimate of drug-likeness (QED) is 0.837. The molecule has 1 aliphatic rings. The molecule has 0 radical (unpaired) electrons. The molecule has 5 heteroatoms. The van der Waals surface area contributed by atoms with Crippen LogP contribution in [0, 0.1) is 5.92 Å². The van der Waals surface area contributed by atoms with Crippen LogP contribution < -0.4 is 0 Å². The van der Waals surface area contributed by atoms with Crippen LogP contribution in [0.1, 0.15) is 43.7 Å². The van der Waals surface area contributed by atoms with E-state index >= 15 is 0 Å². The van der Waals surface area contributed by atoms with Crippen LogP contribution in [0.3, 0.4) is 0 Å². The third-order valence-corrected chi connectivity index (χ3v) is 3.73. The predicted octanol–water partition coefficient (Wildman–Crippen LogP) is 3.50. The summed E-state index contributed by atoms with van der Waals surface area (Å²) in [4.78, 5) is 3.74. The van der Waals surface area contributed by atoms with Crippen molar-refractivity contribution in [3.8, 4) is 0 Å². The van der Waals surface area contributed by atoms with Gasteiger partial charge in [0.25, 0.3) is 0 Å². The van der Waals surface area contributed by atoms with Gasteiger partial charge in [-0.3, -0.25) is 4.98 Å². The van der Waals surface area contributed by atoms with Crippen LogP contribution in [0.5, 0.6) is 0 Å². The number of halogens is 3. The van der Waals surface area contributed by atoms with Gasteiger partial charge in [0.05, 0.1) is 11.2 Å². The molecular weight excluding hydrogens is 243 g/mol. The average molecular weight is 259 g/mol. The maximum atomic E-state index is 12.9. The van der Waals surface area contributed by atoms with Gasteiger partial charge in [0.15, 0.2) is 0 Å². The fourth-order valence-electron chi connectivity index (χ4n) is 2.52. The highest BCUT2D eigenvalue weighted by Gasteiger charge is 2.42. The van der Waals surface area contributed by atoms with Crippen LogP contribution in [0.15, 0.2) is 18.5 Å². The van der Waals surface area contributed by atoms with E-state index in [9.17, 15) is 18.3 Å². The van der Waals surface area contributed by atoms with Crippen molar-refractivity contribution in [2.24, 2.45) is 5.92 Å². The summed E-state index contributed by atoms with van der Waals surface area (Å²) in [5.74, 6) is 0.455. The molecular formula is C13H16F3NO. The number of nitrogens with zero attached hydrogens (tertiary/aromatic N) is 1. The molecule has 18 heavy (non-hydrogen) atoms. The Kier molecular flexibility index (Phi) is 3.36. The Labute approximate surface area is 104 Å². The van der Waals surface area contributed by atoms with Crippen LogP contribution in [0.2, 0.25) is 0 Å². The Balaban J connectivity index is 2.39. The molecule has 100 valence electrons. The van der Waals surface area contributed by atoms with Gasteiger partial charge < -0.3 is 5.11 Å². The van der Waals surface area contributed by atoms with E-state index < -0.39 is 17.3 Å². The molecule has 2 nitrogen and oxygen atoms in total. The van der Waals surface area contributed by atoms with Crippen molar-refractivity contribution < 1.29 is 18.3 Å². The van der Waals surface area contributed by atoms with Crippen LogP contribution in [-0.2, 0) is 11.8 Å². The number of hydrogen-bond donors (Lipinski definition) is 1. The molecule has 1 aromatic heterocycles. The first kappa shape index (κ1) is 13.3. The molecule has 0 unspecified atom stereocenters. The van der Waals surface area contributed by atoms with Gasteiger partial charge >= 0.3 is 6.18 Å². The Bertz CT molecular complexity index is 422. The minimum Gasteiger partial charge on any atom is -0.385 e. The van der Waals surface area contributed by atoms with Gasteiger partial charge in [-0.1, -0.05) is 6.92 Å². The van der Waals surface area contributed by atoms with Gasteiger partial charge in [-0.2, -0.15) is 13.2 Å². The summed E-state index contributed by atoms with van der Waals surface area (Å²) in [5, 5.41) is 10.5. The van der Waals surface area contributed by atoms with E-state index in [1.807, 2.05) is 6.92 Å². The van der Waals surface area contributed by atoms with Crippen LogP contribution in [0.25, 0.3) is 0 Å². The fraction of sp³-hybridized carbons (Fsp3) is 0.615. The number of hydrogen-bond acceptors (Lipinski definition) is 2. The maximum Gasteiger partial charge on any atom is 0.416 e. The molecule has 0 spiro atoms. The summed E-state index contributed by atoms with van der Waals surface area (Å²) in [7, 11) is 0. The molecule has 0 aromatic carbocycles. The van der Waals surface area contributed by atoms with E-state index in [1.54, 1.807) is 0 Å². The summed E-state index contributed by atoms with van der Waals surface area (Å²) in [6, 6.07) is 0.936. The van der Waals surface area contributed by atoms with Gasteiger partial charge in [-0.05, 0) is 37.7 Å². The maximum absolute atomic E-state index is 12.9. The van der Waals surface area contributed by atoms with E-state index in [-0.39, 0.29) is 5.56 Å². The number of rotatable bonds is 1. The SMILES string of the molecule is CC1CCC(O)(c2cnccc2C(F)(F)F)CC1. The van der Waals surface area contributed by atoms with Crippen molar-refractivity contribution in [1.29, 1.82) is 0 Å². The number of aliphatic hydroxyl groups is 1. The van der Waals surface area contributed by atoms with Gasteiger partial charge in [0.1, 0.15) is 0 Å². The van der Waals surface area contributed by atoms with Crippen molar-refractivity contribution in [2.45, 2.75) is 44.4 Å². The lowest BCUT2D eigenvalue weighted by molar-refractivity contribution is -0.141. The minimum atomic E-state index is -4.45. The predicted molar refractivity (Wildman–Crippen MR) is 60.8 cm³/mol. The molecule has 0 bridgehead atoms. The van der Waals surface area contributed by atoms with Crippen molar-refractivity contribution in [3.05, 3.63) is 29.6 Å². The second-order valence-electron chi connectivity index (χ2n) is 5.13. The first-order chi connectivity index (χ1) is 8.33. The lowest BCUT2D eigenvalue weighted by atomic mass is 9.75. The van der Waals surface area contributed by atoms with E-state index in [0.717, 1.165) is 31.3 Å². The second-order valence-corrected chi connectivity index (χ2v) is 5.13. The minimum absolute atomic E-state index is 0.0793. The van der Waals surface area contributed by atoms with E-state index in [4.69, 9.17) is 0 Å². The molecule has 1 aromatic rings. The molecule has 1 N–H and O–H groups in total. The average Bonchev–Trinajstić information content (AvgIpc) is 2.32. The Morgan fingerprint density at radius 2 is 1.94 bits per heavy atom. The first-order valence-corrected chi connectivity index (χ1v) is 6.07. The first-order valence-electron chi connectivity index (χ1n) is 6.07. The lowest BCUT2D eigenvalue weighted by Crippen LogP contribution is -2.33. The van der Waals surface area contributed by atoms with Crippen LogP contribution in [-0.4, -0.2) is 10.1 Å². The third kappa shape index (κ3) is 2.51. The zero-order valence-corrected chi connectivity index (χ0v) is 10.2. The summed E-state index contributed by atoms with van der Waals surface area (Å²) in [6.07, 6.45) is 0.0221. The second kappa shape index (κ2) is 4.53. The fourth-order valence-corrected chi connectivity index (χ4v) is 2.52. The van der Waals surface area contributed by atoms with E-state index in [0.29, 0.717) is 18.8 Å². The number of pyridine rings is 1. The van der Waals surface area contributed by atoms with Crippen LogP contribution in [0.4, 0.5) is 13.2 Å². The van der Waals surface area contributed by atoms with E-state index in [2.05, 4.69) is 4.98 Å². The van der Waals surface area contributed by atoms with Crippen LogP contribution >= 0.6 is 0 Å². The van der Waals surface area contributed by atoms with E-state index in [1.165, 1.54) is 0 Å².